The number of carbonyl (C=O) groups is 1. The summed E-state index contributed by atoms with van der Waals surface area (Å²) in [4.78, 5) is 13.6. The number of likely N-dealkylation sites (N-methyl/N-ethyl adjacent to an activating group) is 2. The van der Waals surface area contributed by atoms with E-state index in [0.717, 1.165) is 6.54 Å². The Kier molecular flexibility index (Phi) is 10.1. The van der Waals surface area contributed by atoms with Crippen molar-refractivity contribution < 1.29 is 4.79 Å². The molecule has 0 aliphatic carbocycles. The maximum absolute atomic E-state index is 11.9. The average Bonchev–Trinajstić information content (AvgIpc) is 2.77. The van der Waals surface area contributed by atoms with Gasteiger partial charge in [0.1, 0.15) is 6.04 Å². The maximum atomic E-state index is 11.9. The number of halogens is 2. The molecule has 0 aliphatic rings. The molecule has 1 atom stereocenters. The Morgan fingerprint density at radius 3 is 2.65 bits per heavy atom. The standard InChI is InChI=1S/C10H18N4O.2ClH/c1-9(14-7-4-5-12-14)10(15)13(3)8-6-11-2;;/h4-5,7,9,11H,6,8H2,1-3H3;2*1H. The first-order valence-corrected chi connectivity index (χ1v) is 5.05. The van der Waals surface area contributed by atoms with Gasteiger partial charge in [-0.05, 0) is 20.0 Å². The highest BCUT2D eigenvalue weighted by atomic mass is 35.5. The van der Waals surface area contributed by atoms with Crippen LogP contribution >= 0.6 is 24.8 Å². The van der Waals surface area contributed by atoms with Gasteiger partial charge in [0, 0.05) is 32.5 Å². The van der Waals surface area contributed by atoms with Gasteiger partial charge in [-0.2, -0.15) is 5.10 Å². The fraction of sp³-hybridized carbons (Fsp3) is 0.600. The monoisotopic (exact) mass is 282 g/mol. The third-order valence-corrected chi connectivity index (χ3v) is 2.35. The molecule has 0 aromatic carbocycles. The number of amides is 1. The number of nitrogens with zero attached hydrogens (tertiary/aromatic N) is 3. The predicted octanol–water partition coefficient (Wildman–Crippen LogP) is 0.965. The number of rotatable bonds is 5. The van der Waals surface area contributed by atoms with Crippen molar-refractivity contribution in [2.45, 2.75) is 13.0 Å². The van der Waals surface area contributed by atoms with E-state index in [4.69, 9.17) is 0 Å². The van der Waals surface area contributed by atoms with Crippen molar-refractivity contribution in [2.75, 3.05) is 27.2 Å². The lowest BCUT2D eigenvalue weighted by Gasteiger charge is -2.21. The Hall–Kier alpha value is -0.780. The topological polar surface area (TPSA) is 50.2 Å². The quantitative estimate of drug-likeness (QED) is 0.876. The van der Waals surface area contributed by atoms with Gasteiger partial charge in [-0.25, -0.2) is 0 Å². The summed E-state index contributed by atoms with van der Waals surface area (Å²) in [5.74, 6) is 0.0777. The second kappa shape index (κ2) is 9.27. The van der Waals surface area contributed by atoms with E-state index in [-0.39, 0.29) is 36.8 Å². The summed E-state index contributed by atoms with van der Waals surface area (Å²) in [7, 11) is 3.68. The van der Waals surface area contributed by atoms with Crippen LogP contribution in [0.3, 0.4) is 0 Å². The molecular weight excluding hydrogens is 263 g/mol. The molecule has 7 heteroatoms. The molecule has 1 rings (SSSR count). The van der Waals surface area contributed by atoms with Crippen molar-refractivity contribution >= 4 is 30.7 Å². The Morgan fingerprint density at radius 1 is 1.53 bits per heavy atom. The number of aromatic nitrogens is 2. The van der Waals surface area contributed by atoms with Gasteiger partial charge in [0.05, 0.1) is 0 Å². The second-order valence-corrected chi connectivity index (χ2v) is 3.53. The van der Waals surface area contributed by atoms with Crippen LogP contribution in [-0.2, 0) is 4.79 Å². The molecule has 0 saturated heterocycles. The number of hydrogen-bond donors (Lipinski definition) is 1. The highest BCUT2D eigenvalue weighted by Crippen LogP contribution is 2.06. The summed E-state index contributed by atoms with van der Waals surface area (Å²) in [6.07, 6.45) is 3.48. The van der Waals surface area contributed by atoms with Crippen molar-refractivity contribution in [1.29, 1.82) is 0 Å². The lowest BCUT2D eigenvalue weighted by molar-refractivity contribution is -0.133. The van der Waals surface area contributed by atoms with Crippen LogP contribution in [-0.4, -0.2) is 47.8 Å². The zero-order valence-electron chi connectivity index (χ0n) is 10.3. The van der Waals surface area contributed by atoms with E-state index in [9.17, 15) is 4.79 Å². The third kappa shape index (κ3) is 5.39. The Labute approximate surface area is 114 Å². The van der Waals surface area contributed by atoms with Gasteiger partial charge in [0.2, 0.25) is 5.91 Å². The Balaban J connectivity index is 0. The molecule has 0 aliphatic heterocycles. The maximum Gasteiger partial charge on any atom is 0.246 e. The van der Waals surface area contributed by atoms with E-state index >= 15 is 0 Å². The number of nitrogens with one attached hydrogen (secondary N) is 1. The van der Waals surface area contributed by atoms with Crippen LogP contribution < -0.4 is 5.32 Å². The van der Waals surface area contributed by atoms with Gasteiger partial charge in [-0.3, -0.25) is 9.48 Å². The summed E-state index contributed by atoms with van der Waals surface area (Å²) in [5, 5.41) is 7.06. The van der Waals surface area contributed by atoms with Gasteiger partial charge in [-0.1, -0.05) is 0 Å². The first kappa shape index (κ1) is 18.6. The lowest BCUT2D eigenvalue weighted by atomic mass is 10.3. The average molecular weight is 283 g/mol. The van der Waals surface area contributed by atoms with Crippen LogP contribution in [0.25, 0.3) is 0 Å². The van der Waals surface area contributed by atoms with Crippen LogP contribution in [0.5, 0.6) is 0 Å². The minimum atomic E-state index is -0.234. The molecule has 5 nitrogen and oxygen atoms in total. The molecule has 0 bridgehead atoms. The smallest absolute Gasteiger partial charge is 0.246 e. The molecule has 1 N–H and O–H groups in total. The molecule has 0 saturated carbocycles. The SMILES string of the molecule is CNCCN(C)C(=O)C(C)n1cccn1.Cl.Cl. The molecule has 0 radical (unpaired) electrons. The van der Waals surface area contributed by atoms with Gasteiger partial charge < -0.3 is 10.2 Å². The summed E-state index contributed by atoms with van der Waals surface area (Å²) >= 11 is 0. The van der Waals surface area contributed by atoms with Crippen molar-refractivity contribution in [3.63, 3.8) is 0 Å². The summed E-state index contributed by atoms with van der Waals surface area (Å²) in [6, 6.07) is 1.58. The summed E-state index contributed by atoms with van der Waals surface area (Å²) in [6.45, 7) is 3.36. The highest BCUT2D eigenvalue weighted by Gasteiger charge is 2.18. The van der Waals surface area contributed by atoms with Gasteiger partial charge in [0.15, 0.2) is 0 Å². The molecule has 1 aromatic heterocycles. The van der Waals surface area contributed by atoms with E-state index < -0.39 is 0 Å². The molecule has 100 valence electrons. The molecular formula is C10H20Cl2N4O. The predicted molar refractivity (Wildman–Crippen MR) is 73.0 cm³/mol. The molecule has 1 heterocycles. The van der Waals surface area contributed by atoms with Crippen LogP contribution in [0.1, 0.15) is 13.0 Å². The van der Waals surface area contributed by atoms with E-state index in [1.165, 1.54) is 0 Å². The molecule has 1 amide bonds. The number of hydrogen-bond acceptors (Lipinski definition) is 3. The highest BCUT2D eigenvalue weighted by molar-refractivity contribution is 5.85. The largest absolute Gasteiger partial charge is 0.343 e. The molecule has 17 heavy (non-hydrogen) atoms. The van der Waals surface area contributed by atoms with E-state index in [0.29, 0.717) is 6.54 Å². The summed E-state index contributed by atoms with van der Waals surface area (Å²) in [5.41, 5.74) is 0. The van der Waals surface area contributed by atoms with Crippen LogP contribution in [0.2, 0.25) is 0 Å². The summed E-state index contributed by atoms with van der Waals surface area (Å²) < 4.78 is 1.66. The van der Waals surface area contributed by atoms with Crippen LogP contribution in [0, 0.1) is 0 Å². The minimum Gasteiger partial charge on any atom is -0.343 e. The van der Waals surface area contributed by atoms with Gasteiger partial charge >= 0.3 is 0 Å². The Morgan fingerprint density at radius 2 is 2.18 bits per heavy atom. The van der Waals surface area contributed by atoms with Gasteiger partial charge in [-0.15, -0.1) is 24.8 Å². The van der Waals surface area contributed by atoms with Crippen molar-refractivity contribution in [3.8, 4) is 0 Å². The normalized spacial score (nSPS) is 11.0. The molecule has 0 spiro atoms. The Bertz CT molecular complexity index is 305. The first-order valence-electron chi connectivity index (χ1n) is 5.05. The zero-order chi connectivity index (χ0) is 11.3. The van der Waals surface area contributed by atoms with Crippen LogP contribution in [0.15, 0.2) is 18.5 Å². The van der Waals surface area contributed by atoms with Gasteiger partial charge in [0.25, 0.3) is 0 Å². The van der Waals surface area contributed by atoms with E-state index in [1.54, 1.807) is 29.0 Å². The third-order valence-electron chi connectivity index (χ3n) is 2.35. The van der Waals surface area contributed by atoms with Crippen molar-refractivity contribution in [2.24, 2.45) is 0 Å². The first-order chi connectivity index (χ1) is 7.16. The zero-order valence-corrected chi connectivity index (χ0v) is 11.9. The van der Waals surface area contributed by atoms with E-state index in [1.807, 2.05) is 20.0 Å². The van der Waals surface area contributed by atoms with Crippen LogP contribution in [0.4, 0.5) is 0 Å². The minimum absolute atomic E-state index is 0. The molecule has 1 aromatic rings. The second-order valence-electron chi connectivity index (χ2n) is 3.53. The number of carbonyl (C=O) groups excluding carboxylic acids is 1. The fourth-order valence-corrected chi connectivity index (χ4v) is 1.33. The fourth-order valence-electron chi connectivity index (χ4n) is 1.33. The van der Waals surface area contributed by atoms with Crippen molar-refractivity contribution in [1.82, 2.24) is 20.0 Å². The molecule has 0 fully saturated rings. The van der Waals surface area contributed by atoms with E-state index in [2.05, 4.69) is 10.4 Å². The molecule has 1 unspecified atom stereocenters. The van der Waals surface area contributed by atoms with Crippen molar-refractivity contribution in [3.05, 3.63) is 18.5 Å². The lowest BCUT2D eigenvalue weighted by Crippen LogP contribution is -2.37.